The third-order valence-corrected chi connectivity index (χ3v) is 2.16. The van der Waals surface area contributed by atoms with Gasteiger partial charge < -0.3 is 10.0 Å². The molecule has 5 nitrogen and oxygen atoms in total. The summed E-state index contributed by atoms with van der Waals surface area (Å²) in [6.45, 7) is 1.73. The van der Waals surface area contributed by atoms with Crippen LogP contribution in [-0.2, 0) is 0 Å². The molecular formula is C9H10BN3O2. The topological polar surface area (TPSA) is 71.2 Å². The van der Waals surface area contributed by atoms with Crippen molar-refractivity contribution in [2.75, 3.05) is 0 Å². The van der Waals surface area contributed by atoms with Crippen molar-refractivity contribution in [1.29, 1.82) is 0 Å². The van der Waals surface area contributed by atoms with Crippen molar-refractivity contribution < 1.29 is 10.0 Å². The summed E-state index contributed by atoms with van der Waals surface area (Å²) in [7, 11) is -1.48. The fourth-order valence-corrected chi connectivity index (χ4v) is 1.37. The molecule has 0 aliphatic heterocycles. The van der Waals surface area contributed by atoms with Crippen molar-refractivity contribution in [2.45, 2.75) is 6.92 Å². The Kier molecular flexibility index (Phi) is 2.53. The van der Waals surface area contributed by atoms with E-state index in [9.17, 15) is 0 Å². The molecule has 0 saturated carbocycles. The summed E-state index contributed by atoms with van der Waals surface area (Å²) in [5, 5.41) is 18.0. The zero-order valence-corrected chi connectivity index (χ0v) is 8.20. The molecular weight excluding hydrogens is 193 g/mol. The maximum atomic E-state index is 9.02. The summed E-state index contributed by atoms with van der Waals surface area (Å²) in [6, 6.07) is 3.35. The summed E-state index contributed by atoms with van der Waals surface area (Å²) in [5.74, 6) is 0.703. The molecule has 0 radical (unpaired) electrons. The summed E-state index contributed by atoms with van der Waals surface area (Å²) < 4.78 is 1.75. The van der Waals surface area contributed by atoms with E-state index in [0.717, 1.165) is 0 Å². The lowest BCUT2D eigenvalue weighted by atomic mass is 9.79. The summed E-state index contributed by atoms with van der Waals surface area (Å²) in [6.07, 6.45) is 5.07. The van der Waals surface area contributed by atoms with Gasteiger partial charge in [-0.25, -0.2) is 9.97 Å². The number of imidazole rings is 1. The van der Waals surface area contributed by atoms with E-state index in [1.165, 1.54) is 0 Å². The van der Waals surface area contributed by atoms with E-state index >= 15 is 0 Å². The second kappa shape index (κ2) is 3.84. The molecule has 0 aromatic carbocycles. The molecule has 0 atom stereocenters. The maximum Gasteiger partial charge on any atom is 0.490 e. The highest BCUT2D eigenvalue weighted by atomic mass is 16.4. The molecule has 2 N–H and O–H groups in total. The lowest BCUT2D eigenvalue weighted by Gasteiger charge is -2.06. The lowest BCUT2D eigenvalue weighted by Crippen LogP contribution is -2.33. The zero-order chi connectivity index (χ0) is 10.8. The van der Waals surface area contributed by atoms with E-state index in [1.807, 2.05) is 0 Å². The van der Waals surface area contributed by atoms with Gasteiger partial charge in [0, 0.05) is 23.6 Å². The number of nitrogens with zero attached hydrogens (tertiary/aromatic N) is 3. The molecule has 0 amide bonds. The quantitative estimate of drug-likeness (QED) is 0.630. The molecule has 2 aromatic rings. The summed E-state index contributed by atoms with van der Waals surface area (Å²) in [4.78, 5) is 8.15. The molecule has 0 unspecified atom stereocenters. The minimum absolute atomic E-state index is 0.416. The van der Waals surface area contributed by atoms with Gasteiger partial charge in [-0.1, -0.05) is 6.07 Å². The Morgan fingerprint density at radius 1 is 1.33 bits per heavy atom. The number of hydrogen-bond donors (Lipinski definition) is 2. The Balaban J connectivity index is 2.42. The van der Waals surface area contributed by atoms with Crippen LogP contribution < -0.4 is 5.46 Å². The van der Waals surface area contributed by atoms with E-state index in [-0.39, 0.29) is 0 Å². The van der Waals surface area contributed by atoms with Crippen LogP contribution in [0.4, 0.5) is 0 Å². The van der Waals surface area contributed by atoms with E-state index in [0.29, 0.717) is 17.0 Å². The van der Waals surface area contributed by atoms with Crippen LogP contribution in [0.1, 0.15) is 5.69 Å². The first-order valence-electron chi connectivity index (χ1n) is 4.50. The van der Waals surface area contributed by atoms with Gasteiger partial charge in [-0.3, -0.25) is 4.57 Å². The zero-order valence-electron chi connectivity index (χ0n) is 8.20. The lowest BCUT2D eigenvalue weighted by molar-refractivity contribution is 0.425. The van der Waals surface area contributed by atoms with E-state index in [2.05, 4.69) is 9.97 Å². The van der Waals surface area contributed by atoms with Crippen LogP contribution in [-0.4, -0.2) is 31.7 Å². The highest BCUT2D eigenvalue weighted by Crippen LogP contribution is 2.03. The van der Waals surface area contributed by atoms with Crippen LogP contribution >= 0.6 is 0 Å². The van der Waals surface area contributed by atoms with Gasteiger partial charge in [-0.05, 0) is 13.0 Å². The third kappa shape index (κ3) is 1.90. The maximum absolute atomic E-state index is 9.02. The average Bonchev–Trinajstić information content (AvgIpc) is 2.69. The van der Waals surface area contributed by atoms with Gasteiger partial charge in [0.05, 0.1) is 0 Å². The first-order chi connectivity index (χ1) is 7.18. The minimum Gasteiger partial charge on any atom is -0.423 e. The van der Waals surface area contributed by atoms with Crippen LogP contribution in [0.2, 0.25) is 0 Å². The SMILES string of the molecule is Cc1nc(-n2ccnc2)ccc1B(O)O. The Morgan fingerprint density at radius 2 is 2.13 bits per heavy atom. The van der Waals surface area contributed by atoms with Crippen LogP contribution in [0.5, 0.6) is 0 Å². The number of hydrogen-bond acceptors (Lipinski definition) is 4. The molecule has 15 heavy (non-hydrogen) atoms. The molecule has 0 bridgehead atoms. The van der Waals surface area contributed by atoms with Crippen molar-refractivity contribution in [2.24, 2.45) is 0 Å². The van der Waals surface area contributed by atoms with E-state index in [1.54, 1.807) is 42.3 Å². The number of pyridine rings is 1. The smallest absolute Gasteiger partial charge is 0.423 e. The van der Waals surface area contributed by atoms with Crippen LogP contribution in [0, 0.1) is 6.92 Å². The number of aromatic nitrogens is 3. The number of rotatable bonds is 2. The average molecular weight is 203 g/mol. The molecule has 76 valence electrons. The van der Waals surface area contributed by atoms with Crippen molar-refractivity contribution in [3.63, 3.8) is 0 Å². The molecule has 2 rings (SSSR count). The third-order valence-electron chi connectivity index (χ3n) is 2.16. The molecule has 0 fully saturated rings. The van der Waals surface area contributed by atoms with Gasteiger partial charge in [-0.15, -0.1) is 0 Å². The molecule has 0 spiro atoms. The predicted molar refractivity (Wildman–Crippen MR) is 55.9 cm³/mol. The largest absolute Gasteiger partial charge is 0.490 e. The first kappa shape index (κ1) is 9.88. The van der Waals surface area contributed by atoms with E-state index < -0.39 is 7.12 Å². The van der Waals surface area contributed by atoms with Crippen molar-refractivity contribution in [3.05, 3.63) is 36.5 Å². The summed E-state index contributed by atoms with van der Waals surface area (Å²) in [5.41, 5.74) is 1.01. The van der Waals surface area contributed by atoms with Gasteiger partial charge in [-0.2, -0.15) is 0 Å². The molecule has 2 heterocycles. The monoisotopic (exact) mass is 203 g/mol. The Bertz CT molecular complexity index is 456. The first-order valence-corrected chi connectivity index (χ1v) is 4.50. The fraction of sp³-hybridized carbons (Fsp3) is 0.111. The van der Waals surface area contributed by atoms with Crippen molar-refractivity contribution >= 4 is 12.6 Å². The van der Waals surface area contributed by atoms with Crippen LogP contribution in [0.3, 0.4) is 0 Å². The second-order valence-electron chi connectivity index (χ2n) is 3.19. The van der Waals surface area contributed by atoms with Gasteiger partial charge in [0.25, 0.3) is 0 Å². The van der Waals surface area contributed by atoms with Crippen molar-refractivity contribution in [1.82, 2.24) is 14.5 Å². The number of aryl methyl sites for hydroxylation is 1. The highest BCUT2D eigenvalue weighted by Gasteiger charge is 2.15. The Morgan fingerprint density at radius 3 is 2.67 bits per heavy atom. The standard InChI is InChI=1S/C9H10BN3O2/c1-7-8(10(14)15)2-3-9(12-7)13-5-4-11-6-13/h2-6,14-15H,1H3. The van der Waals surface area contributed by atoms with Gasteiger partial charge >= 0.3 is 7.12 Å². The molecule has 0 aliphatic rings. The Labute approximate surface area is 87.2 Å². The molecule has 2 aromatic heterocycles. The highest BCUT2D eigenvalue weighted by molar-refractivity contribution is 6.59. The summed E-state index contributed by atoms with van der Waals surface area (Å²) >= 11 is 0. The molecule has 6 heteroatoms. The van der Waals surface area contributed by atoms with Crippen LogP contribution in [0.25, 0.3) is 5.82 Å². The fourth-order valence-electron chi connectivity index (χ4n) is 1.37. The molecule has 0 aliphatic carbocycles. The Hall–Kier alpha value is -1.66. The van der Waals surface area contributed by atoms with Crippen molar-refractivity contribution in [3.8, 4) is 5.82 Å². The second-order valence-corrected chi connectivity index (χ2v) is 3.19. The van der Waals surface area contributed by atoms with Gasteiger partial charge in [0.15, 0.2) is 0 Å². The predicted octanol–water partition coefficient (Wildman–Crippen LogP) is -0.744. The van der Waals surface area contributed by atoms with E-state index in [4.69, 9.17) is 10.0 Å². The normalized spacial score (nSPS) is 10.3. The minimum atomic E-state index is -1.48. The molecule has 0 saturated heterocycles. The van der Waals surface area contributed by atoms with Gasteiger partial charge in [0.1, 0.15) is 12.1 Å². The van der Waals surface area contributed by atoms with Crippen LogP contribution in [0.15, 0.2) is 30.9 Å². The van der Waals surface area contributed by atoms with Gasteiger partial charge in [0.2, 0.25) is 0 Å².